The molecule has 0 radical (unpaired) electrons. The lowest BCUT2D eigenvalue weighted by Crippen LogP contribution is -2.49. The monoisotopic (exact) mass is 410 g/mol. The highest BCUT2D eigenvalue weighted by atomic mass is 32.2. The Bertz CT molecular complexity index is 1030. The molecule has 1 atom stereocenters. The van der Waals surface area contributed by atoms with E-state index >= 15 is 0 Å². The maximum absolute atomic E-state index is 13.4. The molecule has 3 heterocycles. The molecule has 29 heavy (non-hydrogen) atoms. The highest BCUT2D eigenvalue weighted by molar-refractivity contribution is 7.98. The number of aryl methyl sites for hydroxylation is 2. The Balaban J connectivity index is 1.64. The van der Waals surface area contributed by atoms with Crippen LogP contribution < -0.4 is 0 Å². The minimum absolute atomic E-state index is 0.0641. The molecule has 2 aromatic heterocycles. The number of carbonyl (C=O) groups excluding carboxylic acids is 1. The first-order chi connectivity index (χ1) is 14.0. The number of likely N-dealkylation sites (N-methyl/N-ethyl adjacent to an activating group) is 1. The Morgan fingerprint density at radius 1 is 1.17 bits per heavy atom. The molecular formula is C21H26N6OS. The van der Waals surface area contributed by atoms with E-state index in [1.807, 2.05) is 43.2 Å². The van der Waals surface area contributed by atoms with Crippen LogP contribution >= 0.6 is 11.8 Å². The molecule has 1 fully saturated rings. The van der Waals surface area contributed by atoms with Gasteiger partial charge >= 0.3 is 0 Å². The van der Waals surface area contributed by atoms with Crippen LogP contribution in [0.3, 0.4) is 0 Å². The molecule has 0 saturated carbocycles. The van der Waals surface area contributed by atoms with Crippen molar-refractivity contribution in [1.82, 2.24) is 29.4 Å². The van der Waals surface area contributed by atoms with Gasteiger partial charge in [-0.05, 0) is 32.7 Å². The van der Waals surface area contributed by atoms with Crippen LogP contribution in [0.4, 0.5) is 0 Å². The van der Waals surface area contributed by atoms with Crippen molar-refractivity contribution in [1.29, 1.82) is 0 Å². The zero-order valence-electron chi connectivity index (χ0n) is 17.3. The maximum Gasteiger partial charge on any atom is 0.253 e. The average Bonchev–Trinajstić information content (AvgIpc) is 3.15. The summed E-state index contributed by atoms with van der Waals surface area (Å²) in [5.41, 5.74) is 3.88. The van der Waals surface area contributed by atoms with Crippen molar-refractivity contribution < 1.29 is 4.79 Å². The molecule has 0 aliphatic carbocycles. The minimum atomic E-state index is 0.0641. The number of nitrogens with zero attached hydrogens (tertiary/aromatic N) is 6. The first-order valence-corrected chi connectivity index (χ1v) is 11.0. The largest absolute Gasteiger partial charge is 0.333 e. The number of carbonyl (C=O) groups is 1. The zero-order chi connectivity index (χ0) is 20.5. The molecule has 0 N–H and O–H groups in total. The van der Waals surface area contributed by atoms with Gasteiger partial charge in [-0.2, -0.15) is 4.98 Å². The summed E-state index contributed by atoms with van der Waals surface area (Å²) in [6, 6.07) is 10.4. The van der Waals surface area contributed by atoms with Gasteiger partial charge in [-0.1, -0.05) is 42.1 Å². The number of hydrogen-bond acceptors (Lipinski definition) is 6. The van der Waals surface area contributed by atoms with Gasteiger partial charge < -0.3 is 9.80 Å². The van der Waals surface area contributed by atoms with Gasteiger partial charge in [-0.3, -0.25) is 4.79 Å². The molecule has 4 rings (SSSR count). The number of hydrogen-bond donors (Lipinski definition) is 0. The van der Waals surface area contributed by atoms with E-state index in [0.29, 0.717) is 17.4 Å². The Hall–Kier alpha value is -2.45. The van der Waals surface area contributed by atoms with E-state index in [0.717, 1.165) is 36.6 Å². The molecule has 1 aliphatic rings. The first kappa shape index (κ1) is 19.8. The Morgan fingerprint density at radius 3 is 2.66 bits per heavy atom. The van der Waals surface area contributed by atoms with E-state index in [4.69, 9.17) is 0 Å². The summed E-state index contributed by atoms with van der Waals surface area (Å²) in [6.07, 6.45) is 2.26. The van der Waals surface area contributed by atoms with Gasteiger partial charge in [0.2, 0.25) is 11.1 Å². The van der Waals surface area contributed by atoms with Crippen molar-refractivity contribution in [3.05, 3.63) is 52.8 Å². The summed E-state index contributed by atoms with van der Waals surface area (Å²) in [4.78, 5) is 26.7. The van der Waals surface area contributed by atoms with Crippen molar-refractivity contribution >= 4 is 23.4 Å². The molecule has 1 aliphatic heterocycles. The van der Waals surface area contributed by atoms with Gasteiger partial charge in [0.25, 0.3) is 5.78 Å². The van der Waals surface area contributed by atoms with Crippen LogP contribution in [0, 0.1) is 13.8 Å². The second kappa shape index (κ2) is 8.12. The molecule has 152 valence electrons. The second-order valence-corrected chi connectivity index (χ2v) is 8.30. The standard InChI is InChI=1S/C21H26N6OS/c1-14-17(15(2)27-20(22-14)23-21(24-27)29-4)12-19(28)26-11-10-25(3)13-18(26)16-8-6-5-7-9-16/h5-9,18H,10-13H2,1-4H3. The molecule has 1 amide bonds. The lowest BCUT2D eigenvalue weighted by atomic mass is 10.0. The molecule has 1 unspecified atom stereocenters. The quantitative estimate of drug-likeness (QED) is 0.616. The summed E-state index contributed by atoms with van der Waals surface area (Å²) >= 11 is 1.49. The van der Waals surface area contributed by atoms with Crippen LogP contribution in [0.5, 0.6) is 0 Å². The van der Waals surface area contributed by atoms with Gasteiger partial charge in [0.1, 0.15) is 0 Å². The topological polar surface area (TPSA) is 66.6 Å². The predicted octanol–water partition coefficient (Wildman–Crippen LogP) is 2.52. The number of rotatable bonds is 4. The van der Waals surface area contributed by atoms with E-state index < -0.39 is 0 Å². The lowest BCUT2D eigenvalue weighted by molar-refractivity contribution is -0.135. The number of fused-ring (bicyclic) bond motifs is 1. The fourth-order valence-electron chi connectivity index (χ4n) is 3.96. The Kier molecular flexibility index (Phi) is 5.56. The van der Waals surface area contributed by atoms with Crippen LogP contribution in [0.2, 0.25) is 0 Å². The molecule has 8 heteroatoms. The third-order valence-corrected chi connectivity index (χ3v) is 6.17. The fourth-order valence-corrected chi connectivity index (χ4v) is 4.30. The third kappa shape index (κ3) is 3.86. The number of piperazine rings is 1. The van der Waals surface area contributed by atoms with Crippen LogP contribution in [0.25, 0.3) is 5.78 Å². The van der Waals surface area contributed by atoms with E-state index in [-0.39, 0.29) is 11.9 Å². The lowest BCUT2D eigenvalue weighted by Gasteiger charge is -2.40. The zero-order valence-corrected chi connectivity index (χ0v) is 18.1. The molecule has 1 saturated heterocycles. The van der Waals surface area contributed by atoms with E-state index in [1.165, 1.54) is 17.3 Å². The second-order valence-electron chi connectivity index (χ2n) is 7.52. The highest BCUT2D eigenvalue weighted by Gasteiger charge is 2.31. The van der Waals surface area contributed by atoms with Crippen LogP contribution in [0.1, 0.15) is 28.6 Å². The maximum atomic E-state index is 13.4. The molecule has 0 spiro atoms. The Morgan fingerprint density at radius 2 is 1.93 bits per heavy atom. The Labute approximate surface area is 175 Å². The van der Waals surface area contributed by atoms with Crippen molar-refractivity contribution in [2.75, 3.05) is 32.9 Å². The van der Waals surface area contributed by atoms with Crippen molar-refractivity contribution in [2.45, 2.75) is 31.5 Å². The number of amides is 1. The third-order valence-electron chi connectivity index (χ3n) is 5.63. The van der Waals surface area contributed by atoms with Gasteiger partial charge in [-0.25, -0.2) is 9.50 Å². The smallest absolute Gasteiger partial charge is 0.253 e. The predicted molar refractivity (Wildman–Crippen MR) is 114 cm³/mol. The summed E-state index contributed by atoms with van der Waals surface area (Å²) in [7, 11) is 2.11. The van der Waals surface area contributed by atoms with Crippen LogP contribution in [-0.2, 0) is 11.2 Å². The summed E-state index contributed by atoms with van der Waals surface area (Å²) < 4.78 is 1.75. The number of aromatic nitrogens is 4. The van der Waals surface area contributed by atoms with E-state index in [1.54, 1.807) is 4.52 Å². The summed E-state index contributed by atoms with van der Waals surface area (Å²) in [6.45, 7) is 6.38. The van der Waals surface area contributed by atoms with Gasteiger partial charge in [0.05, 0.1) is 12.5 Å². The molecule has 0 bridgehead atoms. The van der Waals surface area contributed by atoms with Crippen LogP contribution in [0.15, 0.2) is 35.5 Å². The van der Waals surface area contributed by atoms with Crippen molar-refractivity contribution in [3.63, 3.8) is 0 Å². The molecular weight excluding hydrogens is 384 g/mol. The highest BCUT2D eigenvalue weighted by Crippen LogP contribution is 2.26. The average molecular weight is 411 g/mol. The molecule has 1 aromatic carbocycles. The summed E-state index contributed by atoms with van der Waals surface area (Å²) in [5, 5.41) is 5.19. The van der Waals surface area contributed by atoms with Crippen molar-refractivity contribution in [2.24, 2.45) is 0 Å². The van der Waals surface area contributed by atoms with Gasteiger partial charge in [0.15, 0.2) is 0 Å². The van der Waals surface area contributed by atoms with Crippen molar-refractivity contribution in [3.8, 4) is 0 Å². The fraction of sp³-hybridized carbons (Fsp3) is 0.429. The van der Waals surface area contributed by atoms with E-state index in [9.17, 15) is 4.79 Å². The summed E-state index contributed by atoms with van der Waals surface area (Å²) in [5.74, 6) is 0.715. The molecule has 3 aromatic rings. The van der Waals surface area contributed by atoms with Gasteiger partial charge in [-0.15, -0.1) is 5.10 Å². The number of benzene rings is 1. The normalized spacial score (nSPS) is 17.8. The van der Waals surface area contributed by atoms with E-state index in [2.05, 4.69) is 39.1 Å². The minimum Gasteiger partial charge on any atom is -0.333 e. The number of thioether (sulfide) groups is 1. The van der Waals surface area contributed by atoms with Gasteiger partial charge in [0, 0.05) is 36.6 Å². The van der Waals surface area contributed by atoms with Crippen LogP contribution in [-0.4, -0.2) is 68.2 Å². The molecule has 7 nitrogen and oxygen atoms in total. The first-order valence-electron chi connectivity index (χ1n) is 9.77. The SMILES string of the molecule is CSc1nc2nc(C)c(CC(=O)N3CCN(C)CC3c3ccccc3)c(C)n2n1.